The van der Waals surface area contributed by atoms with Gasteiger partial charge in [-0.25, -0.2) is 4.39 Å². The zero-order valence-electron chi connectivity index (χ0n) is 8.18. The van der Waals surface area contributed by atoms with Gasteiger partial charge in [0.2, 0.25) is 0 Å². The third-order valence-corrected chi connectivity index (χ3v) is 3.43. The van der Waals surface area contributed by atoms with E-state index in [2.05, 4.69) is 13.8 Å². The fourth-order valence-electron chi connectivity index (χ4n) is 1.34. The van der Waals surface area contributed by atoms with Gasteiger partial charge in [-0.15, -0.1) is 0 Å². The van der Waals surface area contributed by atoms with E-state index in [1.54, 1.807) is 12.1 Å². The summed E-state index contributed by atoms with van der Waals surface area (Å²) in [6.45, 7) is 4.46. The molecule has 2 heteroatoms. The number of hydrogen-bond donors (Lipinski definition) is 0. The van der Waals surface area contributed by atoms with E-state index in [1.807, 2.05) is 12.1 Å². The average Bonchev–Trinajstić information content (AvgIpc) is 2.09. The summed E-state index contributed by atoms with van der Waals surface area (Å²) in [5.74, 6) is -0.142. The van der Waals surface area contributed by atoms with Crippen LogP contribution in [0.3, 0.4) is 0 Å². The fourth-order valence-corrected chi connectivity index (χ4v) is 2.70. The van der Waals surface area contributed by atoms with Crippen molar-refractivity contribution in [1.29, 1.82) is 0 Å². The number of hydrogen-bond acceptors (Lipinski definition) is 0. The lowest BCUT2D eigenvalue weighted by atomic mass is 10.3. The van der Waals surface area contributed by atoms with Crippen LogP contribution in [0.15, 0.2) is 24.3 Å². The minimum absolute atomic E-state index is 0.142. The van der Waals surface area contributed by atoms with Crippen molar-refractivity contribution in [3.8, 4) is 0 Å². The molecule has 1 rings (SSSR count). The van der Waals surface area contributed by atoms with Crippen LogP contribution in [-0.4, -0.2) is 5.66 Å². The lowest BCUT2D eigenvalue weighted by Gasteiger charge is -2.09. The first kappa shape index (κ1) is 10.7. The standard InChI is InChI=1S/C11H16FP/c1-3-4-9(2)13-11-7-5-10(12)6-8-11/h5-9,13H,3-4H2,1-2H3. The molecule has 0 heterocycles. The Bertz CT molecular complexity index is 243. The predicted octanol–water partition coefficient (Wildman–Crippen LogP) is 3.32. The quantitative estimate of drug-likeness (QED) is 0.651. The lowest BCUT2D eigenvalue weighted by Crippen LogP contribution is -2.02. The van der Waals surface area contributed by atoms with E-state index in [0.29, 0.717) is 0 Å². The van der Waals surface area contributed by atoms with Crippen LogP contribution in [0, 0.1) is 5.82 Å². The van der Waals surface area contributed by atoms with Crippen molar-refractivity contribution in [3.63, 3.8) is 0 Å². The molecule has 2 unspecified atom stereocenters. The fraction of sp³-hybridized carbons (Fsp3) is 0.455. The van der Waals surface area contributed by atoms with Crippen molar-refractivity contribution >= 4 is 13.9 Å². The Morgan fingerprint density at radius 1 is 1.31 bits per heavy atom. The maximum atomic E-state index is 12.6. The molecule has 1 aromatic carbocycles. The van der Waals surface area contributed by atoms with E-state index in [9.17, 15) is 4.39 Å². The Morgan fingerprint density at radius 3 is 2.46 bits per heavy atom. The molecule has 72 valence electrons. The molecule has 0 N–H and O–H groups in total. The molecule has 0 bridgehead atoms. The summed E-state index contributed by atoms with van der Waals surface area (Å²) in [6.07, 6.45) is 2.49. The van der Waals surface area contributed by atoms with Gasteiger partial charge in [0.05, 0.1) is 0 Å². The van der Waals surface area contributed by atoms with Gasteiger partial charge in [-0.1, -0.05) is 41.0 Å². The first-order chi connectivity index (χ1) is 6.22. The highest BCUT2D eigenvalue weighted by Crippen LogP contribution is 2.21. The molecule has 1 aromatic rings. The molecule has 0 aliphatic heterocycles. The van der Waals surface area contributed by atoms with Crippen molar-refractivity contribution in [2.24, 2.45) is 0 Å². The minimum atomic E-state index is -0.142. The van der Waals surface area contributed by atoms with Gasteiger partial charge in [-0.2, -0.15) is 0 Å². The Morgan fingerprint density at radius 2 is 1.92 bits per heavy atom. The normalized spacial score (nSPS) is 13.8. The zero-order chi connectivity index (χ0) is 9.68. The SMILES string of the molecule is CCCC(C)Pc1ccc(F)cc1. The summed E-state index contributed by atoms with van der Waals surface area (Å²) >= 11 is 0. The second kappa shape index (κ2) is 5.34. The van der Waals surface area contributed by atoms with Crippen LogP contribution < -0.4 is 5.30 Å². The van der Waals surface area contributed by atoms with Crippen LogP contribution >= 0.6 is 8.58 Å². The Balaban J connectivity index is 2.49. The molecule has 0 nitrogen and oxygen atoms in total. The van der Waals surface area contributed by atoms with Crippen molar-refractivity contribution < 1.29 is 4.39 Å². The van der Waals surface area contributed by atoms with Crippen molar-refractivity contribution in [3.05, 3.63) is 30.1 Å². The van der Waals surface area contributed by atoms with Crippen LogP contribution in [0.25, 0.3) is 0 Å². The van der Waals surface area contributed by atoms with Gasteiger partial charge in [0.15, 0.2) is 0 Å². The van der Waals surface area contributed by atoms with Crippen molar-refractivity contribution in [2.45, 2.75) is 32.3 Å². The summed E-state index contributed by atoms with van der Waals surface area (Å²) < 4.78 is 12.6. The summed E-state index contributed by atoms with van der Waals surface area (Å²) in [4.78, 5) is 0. The van der Waals surface area contributed by atoms with Gasteiger partial charge in [0.1, 0.15) is 5.82 Å². The van der Waals surface area contributed by atoms with E-state index in [1.165, 1.54) is 18.1 Å². The summed E-state index contributed by atoms with van der Waals surface area (Å²) in [6, 6.07) is 6.86. The van der Waals surface area contributed by atoms with Gasteiger partial charge in [0, 0.05) is 0 Å². The maximum absolute atomic E-state index is 12.6. The molecule has 2 atom stereocenters. The first-order valence-electron chi connectivity index (χ1n) is 4.74. The van der Waals surface area contributed by atoms with Crippen LogP contribution in [0.4, 0.5) is 4.39 Å². The lowest BCUT2D eigenvalue weighted by molar-refractivity contribution is 0.628. The van der Waals surface area contributed by atoms with Crippen molar-refractivity contribution in [2.75, 3.05) is 0 Å². The van der Waals surface area contributed by atoms with Gasteiger partial charge < -0.3 is 0 Å². The Hall–Kier alpha value is -0.420. The smallest absolute Gasteiger partial charge is 0.123 e. The van der Waals surface area contributed by atoms with E-state index in [4.69, 9.17) is 0 Å². The van der Waals surface area contributed by atoms with Gasteiger partial charge in [-0.3, -0.25) is 0 Å². The second-order valence-corrected chi connectivity index (χ2v) is 5.19. The Labute approximate surface area is 81.3 Å². The Kier molecular flexibility index (Phi) is 4.38. The molecule has 0 fully saturated rings. The minimum Gasteiger partial charge on any atom is -0.207 e. The van der Waals surface area contributed by atoms with Gasteiger partial charge in [-0.05, 0) is 29.5 Å². The van der Waals surface area contributed by atoms with Crippen LogP contribution in [0.2, 0.25) is 0 Å². The van der Waals surface area contributed by atoms with E-state index in [0.717, 1.165) is 14.2 Å². The van der Waals surface area contributed by atoms with Gasteiger partial charge in [0.25, 0.3) is 0 Å². The van der Waals surface area contributed by atoms with Crippen LogP contribution in [0.5, 0.6) is 0 Å². The average molecular weight is 198 g/mol. The molecular weight excluding hydrogens is 182 g/mol. The molecule has 0 aliphatic rings. The third kappa shape index (κ3) is 3.87. The van der Waals surface area contributed by atoms with Crippen molar-refractivity contribution in [1.82, 2.24) is 0 Å². The molecule has 0 saturated heterocycles. The second-order valence-electron chi connectivity index (χ2n) is 3.34. The van der Waals surface area contributed by atoms with Crippen LogP contribution in [0.1, 0.15) is 26.7 Å². The molecular formula is C11H16FP. The van der Waals surface area contributed by atoms with E-state index in [-0.39, 0.29) is 5.82 Å². The number of halogens is 1. The zero-order valence-corrected chi connectivity index (χ0v) is 9.18. The summed E-state index contributed by atoms with van der Waals surface area (Å²) in [5, 5.41) is 1.27. The molecule has 0 spiro atoms. The number of benzene rings is 1. The molecule has 0 radical (unpaired) electrons. The maximum Gasteiger partial charge on any atom is 0.123 e. The highest BCUT2D eigenvalue weighted by atomic mass is 31.1. The molecule has 0 aromatic heterocycles. The highest BCUT2D eigenvalue weighted by molar-refractivity contribution is 7.47. The highest BCUT2D eigenvalue weighted by Gasteiger charge is 2.01. The van der Waals surface area contributed by atoms with E-state index < -0.39 is 0 Å². The number of rotatable bonds is 4. The van der Waals surface area contributed by atoms with Gasteiger partial charge >= 0.3 is 0 Å². The predicted molar refractivity (Wildman–Crippen MR) is 58.7 cm³/mol. The summed E-state index contributed by atoms with van der Waals surface area (Å²) in [5.41, 5.74) is 0.732. The molecule has 13 heavy (non-hydrogen) atoms. The molecule has 0 aliphatic carbocycles. The molecule has 0 saturated carbocycles. The monoisotopic (exact) mass is 198 g/mol. The molecule has 0 amide bonds. The largest absolute Gasteiger partial charge is 0.207 e. The third-order valence-electron chi connectivity index (χ3n) is 1.98. The van der Waals surface area contributed by atoms with E-state index >= 15 is 0 Å². The summed E-state index contributed by atoms with van der Waals surface area (Å²) in [7, 11) is 0.815. The topological polar surface area (TPSA) is 0 Å². The first-order valence-corrected chi connectivity index (χ1v) is 5.82. The van der Waals surface area contributed by atoms with Crippen LogP contribution in [-0.2, 0) is 0 Å².